The molecule has 0 radical (unpaired) electrons. The van der Waals surface area contributed by atoms with Crippen LogP contribution in [0.1, 0.15) is 0 Å². The molecule has 0 aliphatic carbocycles. The second-order valence-electron chi connectivity index (χ2n) is 2.81. The van der Waals surface area contributed by atoms with E-state index in [1.807, 2.05) is 0 Å². The van der Waals surface area contributed by atoms with Crippen LogP contribution in [0.2, 0.25) is 0 Å². The van der Waals surface area contributed by atoms with Gasteiger partial charge in [-0.3, -0.25) is 10.1 Å². The number of nitrogen functional groups attached to an aromatic ring is 1. The summed E-state index contributed by atoms with van der Waals surface area (Å²) in [5, 5.41) is 3.96. The van der Waals surface area contributed by atoms with Crippen molar-refractivity contribution >= 4 is 5.95 Å². The topological polar surface area (TPSA) is 90.9 Å². The summed E-state index contributed by atoms with van der Waals surface area (Å²) >= 11 is 0. The standard InChI is InChI=1S/C8H10N6O/c1-14-5-6(4-11-14)15-7-2-3-10-8(12-7)13-9/h2-5H,9H2,1H3,(H,10,12,13). The Bertz CT molecular complexity index is 454. The molecule has 0 bridgehead atoms. The van der Waals surface area contributed by atoms with Crippen LogP contribution in [-0.2, 0) is 7.05 Å². The molecule has 0 aliphatic heterocycles. The third kappa shape index (κ3) is 2.20. The van der Waals surface area contributed by atoms with Crippen molar-refractivity contribution in [1.29, 1.82) is 0 Å². The van der Waals surface area contributed by atoms with E-state index in [4.69, 9.17) is 10.6 Å². The molecule has 0 fully saturated rings. The lowest BCUT2D eigenvalue weighted by Crippen LogP contribution is -2.10. The zero-order valence-electron chi connectivity index (χ0n) is 8.08. The first-order valence-corrected chi connectivity index (χ1v) is 4.24. The largest absolute Gasteiger partial charge is 0.436 e. The number of ether oxygens (including phenoxy) is 1. The summed E-state index contributed by atoms with van der Waals surface area (Å²) in [6.45, 7) is 0. The Kier molecular flexibility index (Phi) is 2.46. The molecule has 15 heavy (non-hydrogen) atoms. The van der Waals surface area contributed by atoms with Crippen LogP contribution in [-0.4, -0.2) is 19.7 Å². The molecule has 78 valence electrons. The van der Waals surface area contributed by atoms with Crippen molar-refractivity contribution in [3.8, 4) is 11.6 Å². The van der Waals surface area contributed by atoms with Crippen molar-refractivity contribution in [2.75, 3.05) is 5.43 Å². The third-order valence-electron chi connectivity index (χ3n) is 1.66. The van der Waals surface area contributed by atoms with Gasteiger partial charge in [0, 0.05) is 19.3 Å². The summed E-state index contributed by atoms with van der Waals surface area (Å²) in [7, 11) is 1.81. The number of hydrogen-bond donors (Lipinski definition) is 2. The van der Waals surface area contributed by atoms with Crippen LogP contribution in [0.15, 0.2) is 24.7 Å². The Morgan fingerprint density at radius 3 is 3.07 bits per heavy atom. The molecule has 2 aromatic rings. The number of hydrazine groups is 1. The van der Waals surface area contributed by atoms with Crippen LogP contribution in [0.25, 0.3) is 0 Å². The molecular formula is C8H10N6O. The average molecular weight is 206 g/mol. The molecule has 0 unspecified atom stereocenters. The lowest BCUT2D eigenvalue weighted by Gasteiger charge is -2.02. The summed E-state index contributed by atoms with van der Waals surface area (Å²) < 4.78 is 7.05. The molecule has 0 aliphatic rings. The van der Waals surface area contributed by atoms with Crippen LogP contribution >= 0.6 is 0 Å². The van der Waals surface area contributed by atoms with Crippen molar-refractivity contribution in [3.63, 3.8) is 0 Å². The highest BCUT2D eigenvalue weighted by molar-refractivity contribution is 5.28. The maximum atomic E-state index is 5.41. The fraction of sp³-hybridized carbons (Fsp3) is 0.125. The van der Waals surface area contributed by atoms with Gasteiger partial charge in [-0.1, -0.05) is 0 Å². The van der Waals surface area contributed by atoms with Crippen molar-refractivity contribution in [3.05, 3.63) is 24.7 Å². The lowest BCUT2D eigenvalue weighted by molar-refractivity contribution is 0.461. The third-order valence-corrected chi connectivity index (χ3v) is 1.66. The number of aromatic nitrogens is 4. The molecule has 7 heteroatoms. The molecule has 2 heterocycles. The highest BCUT2D eigenvalue weighted by Gasteiger charge is 2.01. The first kappa shape index (κ1) is 9.41. The zero-order valence-corrected chi connectivity index (χ0v) is 8.08. The Labute approximate surface area is 85.9 Å². The quantitative estimate of drug-likeness (QED) is 0.554. The highest BCUT2D eigenvalue weighted by Crippen LogP contribution is 2.17. The Morgan fingerprint density at radius 1 is 1.53 bits per heavy atom. The molecular weight excluding hydrogens is 196 g/mol. The second kappa shape index (κ2) is 3.93. The van der Waals surface area contributed by atoms with Crippen LogP contribution in [0.3, 0.4) is 0 Å². The number of anilines is 1. The number of hydrogen-bond acceptors (Lipinski definition) is 6. The summed E-state index contributed by atoms with van der Waals surface area (Å²) in [5.74, 6) is 6.49. The van der Waals surface area contributed by atoms with Gasteiger partial charge in [0.25, 0.3) is 0 Å². The number of nitrogens with zero attached hydrogens (tertiary/aromatic N) is 4. The lowest BCUT2D eigenvalue weighted by atomic mass is 10.6. The van der Waals surface area contributed by atoms with E-state index in [0.29, 0.717) is 17.6 Å². The molecule has 0 aromatic carbocycles. The zero-order chi connectivity index (χ0) is 10.7. The summed E-state index contributed by atoms with van der Waals surface area (Å²) in [6.07, 6.45) is 4.88. The smallest absolute Gasteiger partial charge is 0.240 e. The summed E-state index contributed by atoms with van der Waals surface area (Å²) in [5.41, 5.74) is 2.34. The fourth-order valence-corrected chi connectivity index (χ4v) is 1.04. The average Bonchev–Trinajstić information content (AvgIpc) is 2.64. The van der Waals surface area contributed by atoms with Gasteiger partial charge in [-0.05, 0) is 0 Å². The van der Waals surface area contributed by atoms with E-state index < -0.39 is 0 Å². The Morgan fingerprint density at radius 2 is 2.40 bits per heavy atom. The number of nitrogens with one attached hydrogen (secondary N) is 1. The van der Waals surface area contributed by atoms with Gasteiger partial charge >= 0.3 is 0 Å². The molecule has 0 spiro atoms. The van der Waals surface area contributed by atoms with Gasteiger partial charge < -0.3 is 4.74 Å². The predicted octanol–water partition coefficient (Wildman–Crippen LogP) is 0.288. The van der Waals surface area contributed by atoms with Gasteiger partial charge in [0.2, 0.25) is 11.8 Å². The number of aryl methyl sites for hydroxylation is 1. The number of rotatable bonds is 3. The molecule has 2 aromatic heterocycles. The van der Waals surface area contributed by atoms with Gasteiger partial charge in [0.05, 0.1) is 12.4 Å². The van der Waals surface area contributed by atoms with Gasteiger partial charge in [-0.25, -0.2) is 10.8 Å². The normalized spacial score (nSPS) is 10.0. The minimum absolute atomic E-state index is 0.302. The molecule has 0 saturated heterocycles. The first-order valence-electron chi connectivity index (χ1n) is 4.24. The maximum Gasteiger partial charge on any atom is 0.240 e. The minimum atomic E-state index is 0.302. The van der Waals surface area contributed by atoms with Crippen molar-refractivity contribution in [2.45, 2.75) is 0 Å². The monoisotopic (exact) mass is 206 g/mol. The minimum Gasteiger partial charge on any atom is -0.436 e. The number of nitrogens with two attached hydrogens (primary N) is 1. The van der Waals surface area contributed by atoms with E-state index in [9.17, 15) is 0 Å². The second-order valence-corrected chi connectivity index (χ2v) is 2.81. The van der Waals surface area contributed by atoms with E-state index in [0.717, 1.165) is 0 Å². The fourth-order valence-electron chi connectivity index (χ4n) is 1.04. The molecule has 0 atom stereocenters. The van der Waals surface area contributed by atoms with Crippen molar-refractivity contribution in [1.82, 2.24) is 19.7 Å². The molecule has 3 N–H and O–H groups in total. The van der Waals surface area contributed by atoms with Crippen LogP contribution < -0.4 is 16.0 Å². The van der Waals surface area contributed by atoms with E-state index in [1.54, 1.807) is 36.4 Å². The SMILES string of the molecule is Cn1cc(Oc2ccnc(NN)n2)cn1. The summed E-state index contributed by atoms with van der Waals surface area (Å²) in [4.78, 5) is 7.85. The van der Waals surface area contributed by atoms with Crippen LogP contribution in [0, 0.1) is 0 Å². The molecule has 7 nitrogen and oxygen atoms in total. The summed E-state index contributed by atoms with van der Waals surface area (Å²) in [6, 6.07) is 1.63. The van der Waals surface area contributed by atoms with E-state index in [2.05, 4.69) is 20.5 Å². The first-order chi connectivity index (χ1) is 7.28. The highest BCUT2D eigenvalue weighted by atomic mass is 16.5. The molecule has 2 rings (SSSR count). The predicted molar refractivity (Wildman–Crippen MR) is 53.1 cm³/mol. The van der Waals surface area contributed by atoms with Gasteiger partial charge in [-0.2, -0.15) is 10.1 Å². The van der Waals surface area contributed by atoms with E-state index >= 15 is 0 Å². The van der Waals surface area contributed by atoms with Gasteiger partial charge in [0.15, 0.2) is 5.75 Å². The Hall–Kier alpha value is -2.15. The van der Waals surface area contributed by atoms with Crippen LogP contribution in [0.4, 0.5) is 5.95 Å². The van der Waals surface area contributed by atoms with Crippen LogP contribution in [0.5, 0.6) is 11.6 Å². The van der Waals surface area contributed by atoms with Gasteiger partial charge in [0.1, 0.15) is 0 Å². The van der Waals surface area contributed by atoms with E-state index in [-0.39, 0.29) is 0 Å². The molecule has 0 amide bonds. The van der Waals surface area contributed by atoms with E-state index in [1.165, 1.54) is 0 Å². The Balaban J connectivity index is 2.16. The van der Waals surface area contributed by atoms with Crippen molar-refractivity contribution in [2.24, 2.45) is 12.9 Å². The van der Waals surface area contributed by atoms with Crippen molar-refractivity contribution < 1.29 is 4.74 Å². The van der Waals surface area contributed by atoms with Gasteiger partial charge in [-0.15, -0.1) is 0 Å². The molecule has 0 saturated carbocycles. The maximum absolute atomic E-state index is 5.41.